The van der Waals surface area contributed by atoms with Crippen molar-refractivity contribution < 1.29 is 4.79 Å². The summed E-state index contributed by atoms with van der Waals surface area (Å²) in [5.74, 6) is 0.399. The quantitative estimate of drug-likeness (QED) is 0.910. The van der Waals surface area contributed by atoms with Crippen molar-refractivity contribution in [2.75, 3.05) is 19.6 Å². The van der Waals surface area contributed by atoms with Gasteiger partial charge in [0, 0.05) is 17.6 Å². The number of piperidine rings is 1. The highest BCUT2D eigenvalue weighted by Crippen LogP contribution is 2.21. The lowest BCUT2D eigenvalue weighted by Gasteiger charge is -2.34. The number of hydrogen-bond donors (Lipinski definition) is 1. The molecule has 0 unspecified atom stereocenters. The Morgan fingerprint density at radius 1 is 1.33 bits per heavy atom. The predicted octanol–water partition coefficient (Wildman–Crippen LogP) is 3.84. The largest absolute Gasteiger partial charge is 0.352 e. The van der Waals surface area contributed by atoms with Gasteiger partial charge in [0.15, 0.2) is 0 Å². The molecule has 0 aliphatic carbocycles. The Balaban J connectivity index is 1.84. The molecule has 0 atom stereocenters. The third-order valence-corrected chi connectivity index (χ3v) is 4.67. The van der Waals surface area contributed by atoms with Crippen LogP contribution in [0.2, 0.25) is 10.0 Å². The molecule has 1 amide bonds. The van der Waals surface area contributed by atoms with Crippen LogP contribution in [0.3, 0.4) is 0 Å². The van der Waals surface area contributed by atoms with E-state index in [1.807, 2.05) is 0 Å². The molecule has 0 spiro atoms. The minimum absolute atomic E-state index is 0.145. The van der Waals surface area contributed by atoms with Crippen LogP contribution < -0.4 is 5.32 Å². The second kappa shape index (κ2) is 7.48. The van der Waals surface area contributed by atoms with Gasteiger partial charge in [-0.3, -0.25) is 4.79 Å². The summed E-state index contributed by atoms with van der Waals surface area (Å²) in [5, 5.41) is 3.94. The summed E-state index contributed by atoms with van der Waals surface area (Å²) < 4.78 is 0. The summed E-state index contributed by atoms with van der Waals surface area (Å²) in [6.45, 7) is 7.37. The van der Waals surface area contributed by atoms with E-state index in [0.29, 0.717) is 34.1 Å². The zero-order chi connectivity index (χ0) is 15.4. The monoisotopic (exact) mass is 328 g/mol. The summed E-state index contributed by atoms with van der Waals surface area (Å²) in [6, 6.07) is 5.55. The highest BCUT2D eigenvalue weighted by molar-refractivity contribution is 6.35. The first-order valence-corrected chi connectivity index (χ1v) is 8.20. The number of benzene rings is 1. The number of carbonyl (C=O) groups excluding carboxylic acids is 1. The van der Waals surface area contributed by atoms with Crippen molar-refractivity contribution in [3.8, 4) is 0 Å². The molecule has 3 nitrogen and oxygen atoms in total. The van der Waals surface area contributed by atoms with Crippen LogP contribution in [0, 0.1) is 5.92 Å². The maximum atomic E-state index is 12.2. The van der Waals surface area contributed by atoms with Gasteiger partial charge in [-0.1, -0.05) is 23.2 Å². The molecule has 1 aromatic carbocycles. The minimum atomic E-state index is -0.145. The third kappa shape index (κ3) is 4.60. The molecule has 1 saturated heterocycles. The zero-order valence-electron chi connectivity index (χ0n) is 12.5. The summed E-state index contributed by atoms with van der Waals surface area (Å²) in [4.78, 5) is 14.6. The topological polar surface area (TPSA) is 32.3 Å². The molecule has 116 valence electrons. The molecule has 1 heterocycles. The maximum Gasteiger partial charge on any atom is 0.252 e. The lowest BCUT2D eigenvalue weighted by atomic mass is 9.96. The number of nitrogens with one attached hydrogen (secondary N) is 1. The number of halogens is 2. The van der Waals surface area contributed by atoms with Crippen molar-refractivity contribution in [2.24, 2.45) is 5.92 Å². The zero-order valence-corrected chi connectivity index (χ0v) is 14.0. The molecule has 1 aliphatic rings. The number of carbonyl (C=O) groups is 1. The van der Waals surface area contributed by atoms with Gasteiger partial charge in [-0.15, -0.1) is 0 Å². The molecule has 0 saturated carbocycles. The lowest BCUT2D eigenvalue weighted by molar-refractivity contribution is 0.0930. The van der Waals surface area contributed by atoms with Crippen LogP contribution in [0.5, 0.6) is 0 Å². The fraction of sp³-hybridized carbons (Fsp3) is 0.562. The molecule has 1 aromatic rings. The summed E-state index contributed by atoms with van der Waals surface area (Å²) in [6.07, 6.45) is 2.25. The fourth-order valence-corrected chi connectivity index (χ4v) is 3.05. The van der Waals surface area contributed by atoms with E-state index in [9.17, 15) is 4.79 Å². The Labute approximate surface area is 136 Å². The van der Waals surface area contributed by atoms with Crippen LogP contribution in [0.25, 0.3) is 0 Å². The normalized spacial score (nSPS) is 17.2. The van der Waals surface area contributed by atoms with Crippen molar-refractivity contribution in [3.05, 3.63) is 33.8 Å². The van der Waals surface area contributed by atoms with Crippen LogP contribution >= 0.6 is 23.2 Å². The van der Waals surface area contributed by atoms with Crippen LogP contribution in [-0.2, 0) is 0 Å². The van der Waals surface area contributed by atoms with Gasteiger partial charge < -0.3 is 10.2 Å². The first-order chi connectivity index (χ1) is 9.97. The van der Waals surface area contributed by atoms with E-state index in [0.717, 1.165) is 25.9 Å². The summed E-state index contributed by atoms with van der Waals surface area (Å²) >= 11 is 12.0. The maximum absolute atomic E-state index is 12.2. The van der Waals surface area contributed by atoms with Gasteiger partial charge in [0.25, 0.3) is 5.91 Å². The number of likely N-dealkylation sites (tertiary alicyclic amines) is 1. The molecule has 0 aromatic heterocycles. The Morgan fingerprint density at radius 2 is 2.00 bits per heavy atom. The SMILES string of the molecule is CC(C)N1CCC(CNC(=O)c2cc(Cl)ccc2Cl)CC1. The molecule has 1 fully saturated rings. The number of amides is 1. The molecule has 5 heteroatoms. The fourth-order valence-electron chi connectivity index (χ4n) is 2.68. The minimum Gasteiger partial charge on any atom is -0.352 e. The van der Waals surface area contributed by atoms with Gasteiger partial charge in [-0.25, -0.2) is 0 Å². The van der Waals surface area contributed by atoms with Gasteiger partial charge in [-0.05, 0) is 63.9 Å². The van der Waals surface area contributed by atoms with E-state index in [1.54, 1.807) is 18.2 Å². The summed E-state index contributed by atoms with van der Waals surface area (Å²) in [5.41, 5.74) is 0.448. The highest BCUT2D eigenvalue weighted by atomic mass is 35.5. The molecule has 21 heavy (non-hydrogen) atoms. The smallest absolute Gasteiger partial charge is 0.252 e. The molecule has 0 radical (unpaired) electrons. The second-order valence-electron chi connectivity index (χ2n) is 5.91. The third-order valence-electron chi connectivity index (χ3n) is 4.10. The first kappa shape index (κ1) is 16.6. The van der Waals surface area contributed by atoms with Crippen LogP contribution in [0.15, 0.2) is 18.2 Å². The van der Waals surface area contributed by atoms with Gasteiger partial charge in [0.05, 0.1) is 10.6 Å². The van der Waals surface area contributed by atoms with Crippen molar-refractivity contribution in [1.29, 1.82) is 0 Å². The predicted molar refractivity (Wildman–Crippen MR) is 88.2 cm³/mol. The first-order valence-electron chi connectivity index (χ1n) is 7.44. The molecule has 1 aliphatic heterocycles. The standard InChI is InChI=1S/C16H22Cl2N2O/c1-11(2)20-7-5-12(6-8-20)10-19-16(21)14-9-13(17)3-4-15(14)18/h3-4,9,11-12H,5-8,10H2,1-2H3,(H,19,21). The van der Waals surface area contributed by atoms with E-state index >= 15 is 0 Å². The molecule has 2 rings (SSSR count). The van der Waals surface area contributed by atoms with E-state index in [-0.39, 0.29) is 5.91 Å². The van der Waals surface area contributed by atoms with Crippen molar-refractivity contribution in [2.45, 2.75) is 32.7 Å². The lowest BCUT2D eigenvalue weighted by Crippen LogP contribution is -2.41. The van der Waals surface area contributed by atoms with E-state index in [2.05, 4.69) is 24.1 Å². The number of nitrogens with zero attached hydrogens (tertiary/aromatic N) is 1. The van der Waals surface area contributed by atoms with Gasteiger partial charge in [0.2, 0.25) is 0 Å². The average molecular weight is 329 g/mol. The van der Waals surface area contributed by atoms with Crippen molar-refractivity contribution in [1.82, 2.24) is 10.2 Å². The van der Waals surface area contributed by atoms with Crippen LogP contribution in [-0.4, -0.2) is 36.5 Å². The molecule has 0 bridgehead atoms. The van der Waals surface area contributed by atoms with Crippen LogP contribution in [0.4, 0.5) is 0 Å². The van der Waals surface area contributed by atoms with Gasteiger partial charge >= 0.3 is 0 Å². The second-order valence-corrected chi connectivity index (χ2v) is 6.75. The number of rotatable bonds is 4. The Morgan fingerprint density at radius 3 is 2.62 bits per heavy atom. The molecular formula is C16H22Cl2N2O. The van der Waals surface area contributed by atoms with Gasteiger partial charge in [0.1, 0.15) is 0 Å². The summed E-state index contributed by atoms with van der Waals surface area (Å²) in [7, 11) is 0. The van der Waals surface area contributed by atoms with E-state index in [1.165, 1.54) is 0 Å². The van der Waals surface area contributed by atoms with Crippen molar-refractivity contribution >= 4 is 29.1 Å². The van der Waals surface area contributed by atoms with E-state index in [4.69, 9.17) is 23.2 Å². The Kier molecular flexibility index (Phi) is 5.91. The van der Waals surface area contributed by atoms with Gasteiger partial charge in [-0.2, -0.15) is 0 Å². The van der Waals surface area contributed by atoms with Crippen molar-refractivity contribution in [3.63, 3.8) is 0 Å². The molecule has 1 N–H and O–H groups in total. The van der Waals surface area contributed by atoms with E-state index < -0.39 is 0 Å². The molecular weight excluding hydrogens is 307 g/mol. The number of hydrogen-bond acceptors (Lipinski definition) is 2. The highest BCUT2D eigenvalue weighted by Gasteiger charge is 2.21. The average Bonchev–Trinajstić information content (AvgIpc) is 2.47. The Bertz CT molecular complexity index is 497. The Hall–Kier alpha value is -0.770. The van der Waals surface area contributed by atoms with Crippen LogP contribution in [0.1, 0.15) is 37.0 Å².